The van der Waals surface area contributed by atoms with E-state index in [1.54, 1.807) is 24.3 Å². The lowest BCUT2D eigenvalue weighted by Crippen LogP contribution is -2.19. The number of rotatable bonds is 2. The Morgan fingerprint density at radius 3 is 2.52 bits per heavy atom. The fourth-order valence-electron chi connectivity index (χ4n) is 2.04. The molecule has 0 saturated carbocycles. The summed E-state index contributed by atoms with van der Waals surface area (Å²) >= 11 is 5.82. The molecular formula is C15H9ClN2O3. The van der Waals surface area contributed by atoms with Gasteiger partial charge in [0.05, 0.1) is 22.2 Å². The lowest BCUT2D eigenvalue weighted by molar-refractivity contribution is 0.0697. The monoisotopic (exact) mass is 300 g/mol. The molecule has 0 saturated heterocycles. The maximum absolute atomic E-state index is 12.4. The SMILES string of the molecule is O=C(O)c1ccc2c(=O)n(-c3ccc(Cl)cc3)cnc2c1. The number of carboxylic acids is 1. The third kappa shape index (κ3) is 2.39. The normalized spacial score (nSPS) is 10.7. The van der Waals surface area contributed by atoms with Crippen molar-refractivity contribution in [1.29, 1.82) is 0 Å². The van der Waals surface area contributed by atoms with Gasteiger partial charge in [-0.3, -0.25) is 9.36 Å². The topological polar surface area (TPSA) is 72.2 Å². The Bertz CT molecular complexity index is 901. The number of aromatic carboxylic acids is 1. The van der Waals surface area contributed by atoms with Gasteiger partial charge in [0.2, 0.25) is 0 Å². The number of hydrogen-bond donors (Lipinski definition) is 1. The molecule has 0 aliphatic heterocycles. The highest BCUT2D eigenvalue weighted by molar-refractivity contribution is 6.30. The molecular weight excluding hydrogens is 292 g/mol. The minimum absolute atomic E-state index is 0.0960. The first-order valence-corrected chi connectivity index (χ1v) is 6.45. The van der Waals surface area contributed by atoms with Crippen molar-refractivity contribution in [3.05, 3.63) is 69.7 Å². The molecule has 0 aliphatic rings. The molecule has 2 aromatic carbocycles. The fourth-order valence-corrected chi connectivity index (χ4v) is 2.17. The lowest BCUT2D eigenvalue weighted by atomic mass is 10.1. The quantitative estimate of drug-likeness (QED) is 0.790. The molecule has 0 spiro atoms. The Hall–Kier alpha value is -2.66. The second-order valence-corrected chi connectivity index (χ2v) is 4.87. The number of aromatic nitrogens is 2. The van der Waals surface area contributed by atoms with E-state index >= 15 is 0 Å². The first kappa shape index (κ1) is 13.3. The molecule has 0 amide bonds. The molecule has 0 radical (unpaired) electrons. The van der Waals surface area contributed by atoms with Gasteiger partial charge in [0, 0.05) is 5.02 Å². The van der Waals surface area contributed by atoms with Gasteiger partial charge in [-0.2, -0.15) is 0 Å². The van der Waals surface area contributed by atoms with Crippen LogP contribution in [0.5, 0.6) is 0 Å². The van der Waals surface area contributed by atoms with Crippen molar-refractivity contribution >= 4 is 28.5 Å². The molecule has 6 heteroatoms. The third-order valence-electron chi connectivity index (χ3n) is 3.11. The zero-order valence-electron chi connectivity index (χ0n) is 10.7. The van der Waals surface area contributed by atoms with Crippen LogP contribution in [0.3, 0.4) is 0 Å². The largest absolute Gasteiger partial charge is 0.478 e. The first-order chi connectivity index (χ1) is 10.1. The number of nitrogens with zero attached hydrogens (tertiary/aromatic N) is 2. The summed E-state index contributed by atoms with van der Waals surface area (Å²) in [7, 11) is 0. The van der Waals surface area contributed by atoms with E-state index in [4.69, 9.17) is 16.7 Å². The average molecular weight is 301 g/mol. The van der Waals surface area contributed by atoms with E-state index in [9.17, 15) is 9.59 Å². The standard InChI is InChI=1S/C15H9ClN2O3/c16-10-2-4-11(5-3-10)18-8-17-13-7-9(15(20)21)1-6-12(13)14(18)19/h1-8H,(H,20,21). The van der Waals surface area contributed by atoms with Crippen molar-refractivity contribution in [2.75, 3.05) is 0 Å². The van der Waals surface area contributed by atoms with Crippen LogP contribution in [0.15, 0.2) is 53.6 Å². The van der Waals surface area contributed by atoms with E-state index in [0.717, 1.165) is 0 Å². The van der Waals surface area contributed by atoms with Crippen molar-refractivity contribution in [1.82, 2.24) is 9.55 Å². The van der Waals surface area contributed by atoms with Gasteiger partial charge >= 0.3 is 5.97 Å². The van der Waals surface area contributed by atoms with Crippen LogP contribution >= 0.6 is 11.6 Å². The summed E-state index contributed by atoms with van der Waals surface area (Å²) in [4.78, 5) is 27.5. The van der Waals surface area contributed by atoms with Crippen LogP contribution in [0.25, 0.3) is 16.6 Å². The second-order valence-electron chi connectivity index (χ2n) is 4.43. The molecule has 21 heavy (non-hydrogen) atoms. The van der Waals surface area contributed by atoms with Gasteiger partial charge in [-0.1, -0.05) is 11.6 Å². The van der Waals surface area contributed by atoms with Gasteiger partial charge < -0.3 is 5.11 Å². The van der Waals surface area contributed by atoms with E-state index in [0.29, 0.717) is 21.6 Å². The molecule has 1 aromatic heterocycles. The Labute approximate surface area is 124 Å². The molecule has 3 rings (SSSR count). The molecule has 5 nitrogen and oxygen atoms in total. The highest BCUT2D eigenvalue weighted by Gasteiger charge is 2.09. The minimum atomic E-state index is -1.06. The first-order valence-electron chi connectivity index (χ1n) is 6.07. The van der Waals surface area contributed by atoms with E-state index in [1.165, 1.54) is 29.1 Å². The molecule has 1 heterocycles. The van der Waals surface area contributed by atoms with E-state index < -0.39 is 5.97 Å². The van der Waals surface area contributed by atoms with E-state index in [2.05, 4.69) is 4.98 Å². The van der Waals surface area contributed by atoms with Gasteiger partial charge in [0.15, 0.2) is 0 Å². The summed E-state index contributed by atoms with van der Waals surface area (Å²) in [5.74, 6) is -1.06. The molecule has 0 aliphatic carbocycles. The molecule has 0 fully saturated rings. The van der Waals surface area contributed by atoms with Crippen LogP contribution in [0, 0.1) is 0 Å². The van der Waals surface area contributed by atoms with Gasteiger partial charge in [-0.25, -0.2) is 9.78 Å². The molecule has 3 aromatic rings. The van der Waals surface area contributed by atoms with Crippen molar-refractivity contribution in [2.24, 2.45) is 0 Å². The number of carboxylic acid groups (broad SMARTS) is 1. The Morgan fingerprint density at radius 1 is 1.14 bits per heavy atom. The number of halogens is 1. The minimum Gasteiger partial charge on any atom is -0.478 e. The number of hydrogen-bond acceptors (Lipinski definition) is 3. The molecule has 1 N–H and O–H groups in total. The van der Waals surface area contributed by atoms with Gasteiger partial charge in [0.1, 0.15) is 6.33 Å². The predicted molar refractivity (Wildman–Crippen MR) is 79.3 cm³/mol. The average Bonchev–Trinajstić information content (AvgIpc) is 2.48. The predicted octanol–water partition coefficient (Wildman–Crippen LogP) is 2.74. The summed E-state index contributed by atoms with van der Waals surface area (Å²) in [6, 6.07) is 11.0. The lowest BCUT2D eigenvalue weighted by Gasteiger charge is -2.07. The van der Waals surface area contributed by atoms with Gasteiger partial charge in [-0.15, -0.1) is 0 Å². The van der Waals surface area contributed by atoms with Crippen LogP contribution in [0.1, 0.15) is 10.4 Å². The smallest absolute Gasteiger partial charge is 0.335 e. The van der Waals surface area contributed by atoms with E-state index in [1.807, 2.05) is 0 Å². The molecule has 104 valence electrons. The van der Waals surface area contributed by atoms with Crippen LogP contribution in [-0.2, 0) is 0 Å². The molecule has 0 atom stereocenters. The maximum Gasteiger partial charge on any atom is 0.335 e. The third-order valence-corrected chi connectivity index (χ3v) is 3.36. The van der Waals surface area contributed by atoms with Crippen LogP contribution in [0.2, 0.25) is 5.02 Å². The van der Waals surface area contributed by atoms with Crippen molar-refractivity contribution < 1.29 is 9.90 Å². The fraction of sp³-hybridized carbons (Fsp3) is 0. The Balaban J connectivity index is 2.21. The number of fused-ring (bicyclic) bond motifs is 1. The summed E-state index contributed by atoms with van der Waals surface area (Å²) in [6.45, 7) is 0. The highest BCUT2D eigenvalue weighted by atomic mass is 35.5. The van der Waals surface area contributed by atoms with Gasteiger partial charge in [-0.05, 0) is 42.5 Å². The summed E-state index contributed by atoms with van der Waals surface area (Å²) < 4.78 is 1.39. The summed E-state index contributed by atoms with van der Waals surface area (Å²) in [5.41, 5.74) is 0.823. The molecule has 0 bridgehead atoms. The van der Waals surface area contributed by atoms with Crippen molar-refractivity contribution in [3.63, 3.8) is 0 Å². The zero-order chi connectivity index (χ0) is 15.0. The number of carbonyl (C=O) groups is 1. The summed E-state index contributed by atoms with van der Waals surface area (Å²) in [5, 5.41) is 9.88. The molecule has 0 unspecified atom stereocenters. The maximum atomic E-state index is 12.4. The Morgan fingerprint density at radius 2 is 1.86 bits per heavy atom. The van der Waals surface area contributed by atoms with Crippen molar-refractivity contribution in [3.8, 4) is 5.69 Å². The van der Waals surface area contributed by atoms with Crippen LogP contribution < -0.4 is 5.56 Å². The van der Waals surface area contributed by atoms with Crippen molar-refractivity contribution in [2.45, 2.75) is 0 Å². The second kappa shape index (κ2) is 5.03. The van der Waals surface area contributed by atoms with Crippen LogP contribution in [0.4, 0.5) is 0 Å². The van der Waals surface area contributed by atoms with E-state index in [-0.39, 0.29) is 11.1 Å². The van der Waals surface area contributed by atoms with Gasteiger partial charge in [0.25, 0.3) is 5.56 Å². The highest BCUT2D eigenvalue weighted by Crippen LogP contribution is 2.14. The number of benzene rings is 2. The van der Waals surface area contributed by atoms with Crippen LogP contribution in [-0.4, -0.2) is 20.6 Å². The zero-order valence-corrected chi connectivity index (χ0v) is 11.4. The Kier molecular flexibility index (Phi) is 3.19. The summed E-state index contributed by atoms with van der Waals surface area (Å²) in [6.07, 6.45) is 1.37.